The Morgan fingerprint density at radius 1 is 1.35 bits per heavy atom. The van der Waals surface area contributed by atoms with Gasteiger partial charge in [0.2, 0.25) is 0 Å². The number of carbonyl (C=O) groups is 1. The van der Waals surface area contributed by atoms with E-state index in [9.17, 15) is 14.9 Å². The maximum atomic E-state index is 11.9. The monoisotopic (exact) mass is 274 g/mol. The van der Waals surface area contributed by atoms with Crippen molar-refractivity contribution in [1.29, 1.82) is 0 Å². The van der Waals surface area contributed by atoms with Gasteiger partial charge in [-0.3, -0.25) is 14.9 Å². The first-order chi connectivity index (χ1) is 9.65. The van der Waals surface area contributed by atoms with Gasteiger partial charge in [0, 0.05) is 0 Å². The van der Waals surface area contributed by atoms with Crippen LogP contribution < -0.4 is 5.32 Å². The van der Waals surface area contributed by atoms with Crippen LogP contribution in [0.1, 0.15) is 10.6 Å². The van der Waals surface area contributed by atoms with E-state index in [1.54, 1.807) is 0 Å². The number of furan rings is 1. The summed E-state index contributed by atoms with van der Waals surface area (Å²) in [5, 5.41) is 12.9. The summed E-state index contributed by atoms with van der Waals surface area (Å²) in [6.07, 6.45) is 2.65. The van der Waals surface area contributed by atoms with Gasteiger partial charge in [-0.05, 0) is 6.07 Å². The lowest BCUT2D eigenvalue weighted by molar-refractivity contribution is -0.402. The van der Waals surface area contributed by atoms with Crippen LogP contribution >= 0.6 is 0 Å². The number of nitro groups is 1. The van der Waals surface area contributed by atoms with Gasteiger partial charge in [-0.2, -0.15) is 0 Å². The number of imidazole rings is 1. The number of aromatic amines is 1. The van der Waals surface area contributed by atoms with E-state index in [4.69, 9.17) is 4.42 Å². The Kier molecular flexibility index (Phi) is 2.60. The van der Waals surface area contributed by atoms with Gasteiger partial charge < -0.3 is 14.7 Å². The third kappa shape index (κ3) is 1.94. The summed E-state index contributed by atoms with van der Waals surface area (Å²) < 4.78 is 4.79. The van der Waals surface area contributed by atoms with Crippen LogP contribution in [0.15, 0.2) is 29.2 Å². The number of nitrogens with one attached hydrogen (secondary N) is 2. The number of anilines is 1. The van der Waals surface area contributed by atoms with Crippen LogP contribution in [0.5, 0.6) is 0 Å². The lowest BCUT2D eigenvalue weighted by Crippen LogP contribution is -2.12. The minimum atomic E-state index is -0.728. The van der Waals surface area contributed by atoms with E-state index in [0.29, 0.717) is 11.2 Å². The number of aromatic nitrogens is 4. The molecule has 0 spiro atoms. The highest BCUT2D eigenvalue weighted by molar-refractivity contribution is 6.05. The zero-order chi connectivity index (χ0) is 14.1. The van der Waals surface area contributed by atoms with Crippen LogP contribution in [-0.2, 0) is 0 Å². The predicted octanol–water partition coefficient (Wildman–Crippen LogP) is 1.11. The molecule has 100 valence electrons. The summed E-state index contributed by atoms with van der Waals surface area (Å²) in [7, 11) is 0. The Balaban J connectivity index is 1.88. The quantitative estimate of drug-likeness (QED) is 0.538. The second-order valence-corrected chi connectivity index (χ2v) is 3.67. The number of nitrogens with zero attached hydrogens (tertiary/aromatic N) is 4. The Morgan fingerprint density at radius 2 is 2.20 bits per heavy atom. The van der Waals surface area contributed by atoms with Gasteiger partial charge in [0.05, 0.1) is 12.4 Å². The number of hydrogen-bond acceptors (Lipinski definition) is 7. The summed E-state index contributed by atoms with van der Waals surface area (Å²) in [5.74, 6) is -1.16. The fourth-order valence-corrected chi connectivity index (χ4v) is 1.58. The molecule has 0 saturated carbocycles. The van der Waals surface area contributed by atoms with Gasteiger partial charge in [0.1, 0.15) is 16.8 Å². The molecule has 0 atom stereocenters. The van der Waals surface area contributed by atoms with Gasteiger partial charge >= 0.3 is 5.88 Å². The Hall–Kier alpha value is -3.30. The molecule has 10 nitrogen and oxygen atoms in total. The van der Waals surface area contributed by atoms with Crippen molar-refractivity contribution in [3.63, 3.8) is 0 Å². The van der Waals surface area contributed by atoms with Crippen molar-refractivity contribution in [2.24, 2.45) is 0 Å². The average molecular weight is 274 g/mol. The molecule has 0 bridgehead atoms. The molecule has 0 radical (unpaired) electrons. The van der Waals surface area contributed by atoms with Crippen molar-refractivity contribution in [2.75, 3.05) is 5.32 Å². The molecule has 3 aromatic rings. The lowest BCUT2D eigenvalue weighted by atomic mass is 10.4. The van der Waals surface area contributed by atoms with Crippen LogP contribution in [0.3, 0.4) is 0 Å². The van der Waals surface area contributed by atoms with Crippen LogP contribution in [0.25, 0.3) is 11.2 Å². The highest BCUT2D eigenvalue weighted by atomic mass is 16.6. The average Bonchev–Trinajstić information content (AvgIpc) is 3.08. The summed E-state index contributed by atoms with van der Waals surface area (Å²) in [6, 6.07) is 2.31. The maximum Gasteiger partial charge on any atom is 0.433 e. The number of rotatable bonds is 3. The number of H-pyrrole nitrogens is 1. The largest absolute Gasteiger partial charge is 0.433 e. The maximum absolute atomic E-state index is 11.9. The summed E-state index contributed by atoms with van der Waals surface area (Å²) in [4.78, 5) is 36.1. The third-order valence-corrected chi connectivity index (χ3v) is 2.45. The molecular weight excluding hydrogens is 268 g/mol. The van der Waals surface area contributed by atoms with E-state index >= 15 is 0 Å². The zero-order valence-corrected chi connectivity index (χ0v) is 9.73. The van der Waals surface area contributed by atoms with Crippen molar-refractivity contribution >= 4 is 28.8 Å². The third-order valence-electron chi connectivity index (χ3n) is 2.45. The zero-order valence-electron chi connectivity index (χ0n) is 9.73. The summed E-state index contributed by atoms with van der Waals surface area (Å²) in [6.45, 7) is 0. The van der Waals surface area contributed by atoms with Gasteiger partial charge in [0.15, 0.2) is 17.2 Å². The smallest absolute Gasteiger partial charge is 0.395 e. The van der Waals surface area contributed by atoms with E-state index in [-0.39, 0.29) is 11.6 Å². The fourth-order valence-electron chi connectivity index (χ4n) is 1.58. The van der Waals surface area contributed by atoms with Crippen LogP contribution in [0.2, 0.25) is 0 Å². The summed E-state index contributed by atoms with van der Waals surface area (Å²) in [5.41, 5.74) is 0.836. The minimum absolute atomic E-state index is 0.192. The minimum Gasteiger partial charge on any atom is -0.395 e. The molecule has 0 aliphatic heterocycles. The molecule has 0 aliphatic rings. The topological polar surface area (TPSA) is 140 Å². The van der Waals surface area contributed by atoms with Gasteiger partial charge in [-0.15, -0.1) is 0 Å². The van der Waals surface area contributed by atoms with E-state index < -0.39 is 16.7 Å². The molecule has 1 amide bonds. The fraction of sp³-hybridized carbons (Fsp3) is 0. The first-order valence-corrected chi connectivity index (χ1v) is 5.35. The summed E-state index contributed by atoms with van der Waals surface area (Å²) >= 11 is 0. The Labute approximate surface area is 110 Å². The number of fused-ring (bicyclic) bond motifs is 1. The second-order valence-electron chi connectivity index (χ2n) is 3.67. The molecule has 0 fully saturated rings. The molecule has 3 rings (SSSR count). The molecule has 3 heterocycles. The molecule has 20 heavy (non-hydrogen) atoms. The predicted molar refractivity (Wildman–Crippen MR) is 65.0 cm³/mol. The number of amides is 1. The second kappa shape index (κ2) is 4.42. The van der Waals surface area contributed by atoms with Crippen molar-refractivity contribution in [3.8, 4) is 0 Å². The van der Waals surface area contributed by atoms with Crippen molar-refractivity contribution in [1.82, 2.24) is 19.9 Å². The lowest BCUT2D eigenvalue weighted by Gasteiger charge is -2.01. The molecule has 0 aromatic carbocycles. The van der Waals surface area contributed by atoms with Gasteiger partial charge in [0.25, 0.3) is 5.91 Å². The van der Waals surface area contributed by atoms with Crippen molar-refractivity contribution < 1.29 is 14.1 Å². The van der Waals surface area contributed by atoms with Crippen LogP contribution in [0, 0.1) is 10.1 Å². The normalized spacial score (nSPS) is 10.6. The first kappa shape index (κ1) is 11.8. The molecule has 2 N–H and O–H groups in total. The SMILES string of the molecule is O=C(Nc1ncnc2nc[nH]c12)c1ccc([N+](=O)[O-])o1. The number of hydrogen-bond donors (Lipinski definition) is 2. The Morgan fingerprint density at radius 3 is 2.95 bits per heavy atom. The van der Waals surface area contributed by atoms with Crippen molar-refractivity contribution in [3.05, 3.63) is 40.7 Å². The molecule has 0 saturated heterocycles. The molecule has 10 heteroatoms. The molecule has 0 aliphatic carbocycles. The van der Waals surface area contributed by atoms with Gasteiger partial charge in [-0.1, -0.05) is 0 Å². The van der Waals surface area contributed by atoms with E-state index in [0.717, 1.165) is 6.07 Å². The number of carbonyl (C=O) groups excluding carboxylic acids is 1. The highest BCUT2D eigenvalue weighted by Gasteiger charge is 2.18. The Bertz CT molecular complexity index is 807. The molecular formula is C10H6N6O4. The standard InChI is InChI=1S/C10H6N6O4/c17-10(5-1-2-6(20-5)16(18)19)15-9-7-8(12-3-11-7)13-4-14-9/h1-4H,(H2,11,12,13,14,15,17). The van der Waals surface area contributed by atoms with E-state index in [1.807, 2.05) is 0 Å². The van der Waals surface area contributed by atoms with Crippen LogP contribution in [-0.4, -0.2) is 30.8 Å². The van der Waals surface area contributed by atoms with E-state index in [1.165, 1.54) is 18.7 Å². The van der Waals surface area contributed by atoms with E-state index in [2.05, 4.69) is 25.3 Å². The first-order valence-electron chi connectivity index (χ1n) is 5.35. The highest BCUT2D eigenvalue weighted by Crippen LogP contribution is 2.19. The van der Waals surface area contributed by atoms with Crippen molar-refractivity contribution in [2.45, 2.75) is 0 Å². The molecule has 0 unspecified atom stereocenters. The van der Waals surface area contributed by atoms with Crippen LogP contribution in [0.4, 0.5) is 11.7 Å². The van der Waals surface area contributed by atoms with Gasteiger partial charge in [-0.25, -0.2) is 15.0 Å². The molecule has 3 aromatic heterocycles.